The Labute approximate surface area is 189 Å². The first-order valence-electron chi connectivity index (χ1n) is 12.0. The number of hydrogen-bond acceptors (Lipinski definition) is 6. The fraction of sp³-hybridized carbons (Fsp3) is 0.680. The second kappa shape index (κ2) is 14.5. The molecule has 1 saturated carbocycles. The molecular weight excluding hydrogens is 388 g/mol. The second-order valence-corrected chi connectivity index (χ2v) is 8.50. The highest BCUT2D eigenvalue weighted by Crippen LogP contribution is 2.24. The highest BCUT2D eigenvalue weighted by Gasteiger charge is 2.23. The molecule has 8 N–H and O–H groups in total. The van der Waals surface area contributed by atoms with Crippen LogP contribution in [0.1, 0.15) is 73.1 Å². The fourth-order valence-corrected chi connectivity index (χ4v) is 3.78. The van der Waals surface area contributed by atoms with Crippen LogP contribution >= 0.6 is 0 Å². The van der Waals surface area contributed by atoms with E-state index in [1.54, 1.807) is 0 Å². The first kappa shape index (κ1) is 27.4. The lowest BCUT2D eigenvalue weighted by Gasteiger charge is -2.30. The smallest absolute Gasteiger partial charge is 0.132 e. The lowest BCUT2D eigenvalue weighted by molar-refractivity contribution is 0.0793. The molecule has 0 aromatic heterocycles. The molecule has 0 bridgehead atoms. The zero-order valence-corrected chi connectivity index (χ0v) is 20.2. The van der Waals surface area contributed by atoms with Crippen LogP contribution in [-0.4, -0.2) is 41.2 Å². The molecule has 0 radical (unpaired) electrons. The molecule has 0 spiro atoms. The predicted octanol–water partition coefficient (Wildman–Crippen LogP) is 3.19. The van der Waals surface area contributed by atoms with Crippen molar-refractivity contribution in [3.63, 3.8) is 0 Å². The molecule has 6 heteroatoms. The van der Waals surface area contributed by atoms with Gasteiger partial charge in [0.05, 0.1) is 12.1 Å². The number of aliphatic hydroxyl groups is 2. The summed E-state index contributed by atoms with van der Waals surface area (Å²) in [5.41, 5.74) is 14.6. The van der Waals surface area contributed by atoms with Crippen molar-refractivity contribution in [2.24, 2.45) is 17.4 Å². The van der Waals surface area contributed by atoms with Gasteiger partial charge in [0, 0.05) is 18.2 Å². The van der Waals surface area contributed by atoms with Crippen molar-refractivity contribution in [2.45, 2.75) is 97.6 Å². The molecule has 0 aromatic rings. The summed E-state index contributed by atoms with van der Waals surface area (Å²) in [7, 11) is 0. The topological polar surface area (TPSA) is 117 Å². The Bertz CT molecular complexity index is 642. The largest absolute Gasteiger partial charge is 0.393 e. The van der Waals surface area contributed by atoms with Gasteiger partial charge in [-0.2, -0.15) is 0 Å². The molecule has 178 valence electrons. The number of rotatable bonds is 6. The zero-order chi connectivity index (χ0) is 23.4. The summed E-state index contributed by atoms with van der Waals surface area (Å²) < 4.78 is 0. The van der Waals surface area contributed by atoms with Gasteiger partial charge in [0.2, 0.25) is 0 Å². The van der Waals surface area contributed by atoms with E-state index >= 15 is 0 Å². The van der Waals surface area contributed by atoms with Crippen molar-refractivity contribution in [3.8, 4) is 0 Å². The lowest BCUT2D eigenvalue weighted by atomic mass is 9.88. The maximum atomic E-state index is 9.79. The number of hydrogen-bond donors (Lipinski definition) is 6. The number of aliphatic hydroxyl groups excluding tert-OH is 2. The summed E-state index contributed by atoms with van der Waals surface area (Å²) in [4.78, 5) is 0. The number of nitrogens with one attached hydrogen (secondary N) is 2. The zero-order valence-electron chi connectivity index (χ0n) is 20.2. The van der Waals surface area contributed by atoms with Gasteiger partial charge in [-0.05, 0) is 50.2 Å². The summed E-state index contributed by atoms with van der Waals surface area (Å²) in [6, 6.07) is 0.317. The minimum Gasteiger partial charge on any atom is -0.393 e. The molecule has 5 unspecified atom stereocenters. The highest BCUT2D eigenvalue weighted by molar-refractivity contribution is 5.49. The van der Waals surface area contributed by atoms with E-state index in [0.29, 0.717) is 11.5 Å². The third kappa shape index (κ3) is 9.19. The molecule has 5 atom stereocenters. The van der Waals surface area contributed by atoms with Crippen LogP contribution in [0.15, 0.2) is 46.8 Å². The van der Waals surface area contributed by atoms with Crippen LogP contribution < -0.4 is 22.1 Å². The molecule has 6 nitrogen and oxygen atoms in total. The van der Waals surface area contributed by atoms with E-state index in [4.69, 9.17) is 11.5 Å². The fourth-order valence-electron chi connectivity index (χ4n) is 3.78. The van der Waals surface area contributed by atoms with Crippen LogP contribution in [0, 0.1) is 5.92 Å². The van der Waals surface area contributed by atoms with Crippen LogP contribution in [-0.2, 0) is 0 Å². The van der Waals surface area contributed by atoms with Crippen molar-refractivity contribution in [1.82, 2.24) is 10.6 Å². The Balaban J connectivity index is 0.000000400. The first-order valence-corrected chi connectivity index (χ1v) is 12.0. The average Bonchev–Trinajstić information content (AvgIpc) is 2.77. The maximum Gasteiger partial charge on any atom is 0.132 e. The van der Waals surface area contributed by atoms with Gasteiger partial charge < -0.3 is 32.3 Å². The van der Waals surface area contributed by atoms with E-state index in [0.717, 1.165) is 37.2 Å². The predicted molar refractivity (Wildman–Crippen MR) is 131 cm³/mol. The molecule has 0 amide bonds. The van der Waals surface area contributed by atoms with Gasteiger partial charge in [-0.1, -0.05) is 64.3 Å². The summed E-state index contributed by atoms with van der Waals surface area (Å²) in [5.74, 6) is 1.35. The van der Waals surface area contributed by atoms with Gasteiger partial charge in [0.1, 0.15) is 12.0 Å². The van der Waals surface area contributed by atoms with Crippen molar-refractivity contribution < 1.29 is 10.2 Å². The summed E-state index contributed by atoms with van der Waals surface area (Å²) in [6.07, 6.45) is 13.9. The molecule has 0 aromatic carbocycles. The van der Waals surface area contributed by atoms with Crippen LogP contribution in [0.3, 0.4) is 0 Å². The molecule has 2 aliphatic carbocycles. The molecule has 1 heterocycles. The summed E-state index contributed by atoms with van der Waals surface area (Å²) >= 11 is 0. The monoisotopic (exact) mass is 434 g/mol. The van der Waals surface area contributed by atoms with E-state index in [9.17, 15) is 10.2 Å². The third-order valence-electron chi connectivity index (χ3n) is 5.94. The Hall–Kier alpha value is -1.60. The minimum absolute atomic E-state index is 0.00347. The van der Waals surface area contributed by atoms with Gasteiger partial charge in [-0.25, -0.2) is 0 Å². The van der Waals surface area contributed by atoms with Crippen molar-refractivity contribution in [1.29, 1.82) is 0 Å². The van der Waals surface area contributed by atoms with Crippen LogP contribution in [0.25, 0.3) is 0 Å². The van der Waals surface area contributed by atoms with Gasteiger partial charge in [-0.15, -0.1) is 0 Å². The summed E-state index contributed by atoms with van der Waals surface area (Å²) in [5, 5.41) is 25.7. The standard InChI is InChI=1S/C16H26N4O.C7H14O.C2H6/c1-3-12(17)6-7-19-16-13(15(18)21)9-11-8-10(2)4-5-14(11)20-16;1-6-4-2-3-5-7(6)8;1-2/h4-5,8-9,12,14-15,19-21H,3,6-7,17-18H2,1-2H3;6-8H,2-5H2,1H3;1-2H3. The molecule has 1 fully saturated rings. The molecule has 1 aliphatic heterocycles. The highest BCUT2D eigenvalue weighted by atomic mass is 16.3. The maximum absolute atomic E-state index is 9.79. The van der Waals surface area contributed by atoms with Gasteiger partial charge in [0.15, 0.2) is 0 Å². The molecule has 31 heavy (non-hydrogen) atoms. The van der Waals surface area contributed by atoms with Crippen molar-refractivity contribution in [3.05, 3.63) is 46.8 Å². The Morgan fingerprint density at radius 3 is 2.42 bits per heavy atom. The number of allylic oxidation sites excluding steroid dienone is 2. The number of fused-ring (bicyclic) bond motifs is 1. The van der Waals surface area contributed by atoms with Crippen molar-refractivity contribution >= 4 is 0 Å². The van der Waals surface area contributed by atoms with E-state index in [-0.39, 0.29) is 18.2 Å². The van der Waals surface area contributed by atoms with Crippen LogP contribution in [0.4, 0.5) is 0 Å². The van der Waals surface area contributed by atoms with Crippen LogP contribution in [0.2, 0.25) is 0 Å². The Morgan fingerprint density at radius 2 is 1.87 bits per heavy atom. The Morgan fingerprint density at radius 1 is 1.19 bits per heavy atom. The molecule has 3 rings (SSSR count). The van der Waals surface area contributed by atoms with E-state index in [2.05, 4.69) is 49.6 Å². The van der Waals surface area contributed by atoms with Crippen molar-refractivity contribution in [2.75, 3.05) is 6.54 Å². The van der Waals surface area contributed by atoms with E-state index in [1.807, 2.05) is 19.9 Å². The number of dihydropyridines is 1. The Kier molecular flexibility index (Phi) is 12.8. The third-order valence-corrected chi connectivity index (χ3v) is 5.94. The first-order chi connectivity index (χ1) is 14.8. The molecule has 0 saturated heterocycles. The van der Waals surface area contributed by atoms with E-state index in [1.165, 1.54) is 24.8 Å². The molecular formula is C25H46N4O2. The van der Waals surface area contributed by atoms with Crippen LogP contribution in [0.5, 0.6) is 0 Å². The van der Waals surface area contributed by atoms with Gasteiger partial charge >= 0.3 is 0 Å². The quantitative estimate of drug-likeness (QED) is 0.358. The normalized spacial score (nSPS) is 26.5. The molecule has 3 aliphatic rings. The second-order valence-electron chi connectivity index (χ2n) is 8.50. The lowest BCUT2D eigenvalue weighted by Crippen LogP contribution is -2.43. The van der Waals surface area contributed by atoms with E-state index < -0.39 is 6.23 Å². The SMILES string of the molecule is CC.CC1CCCCC1O.CCC(N)CCNC1=C(C(N)O)C=C2C=C(C)C=CC2N1. The average molecular weight is 435 g/mol. The summed E-state index contributed by atoms with van der Waals surface area (Å²) in [6.45, 7) is 11.0. The van der Waals surface area contributed by atoms with Gasteiger partial charge in [-0.3, -0.25) is 0 Å². The minimum atomic E-state index is -1.01. The van der Waals surface area contributed by atoms with Gasteiger partial charge in [0.25, 0.3) is 0 Å². The number of nitrogens with two attached hydrogens (primary N) is 2.